The van der Waals surface area contributed by atoms with E-state index in [2.05, 4.69) is 16.3 Å². The summed E-state index contributed by atoms with van der Waals surface area (Å²) >= 11 is 1.28. The molecule has 2 aromatic heterocycles. The molecule has 0 N–H and O–H groups in total. The van der Waals surface area contributed by atoms with Gasteiger partial charge in [0.05, 0.1) is 11.4 Å². The first kappa shape index (κ1) is 19.7. The summed E-state index contributed by atoms with van der Waals surface area (Å²) in [5.41, 5.74) is 1.62. The predicted molar refractivity (Wildman–Crippen MR) is 116 cm³/mol. The Morgan fingerprint density at radius 3 is 2.72 bits per heavy atom. The Bertz CT molecular complexity index is 1250. The highest BCUT2D eigenvalue weighted by molar-refractivity contribution is 8.14. The number of amidine groups is 1. The number of thioether (sulfide) groups is 1. The highest BCUT2D eigenvalue weighted by Gasteiger charge is 2.30. The van der Waals surface area contributed by atoms with Gasteiger partial charge in [-0.2, -0.15) is 8.42 Å². The maximum absolute atomic E-state index is 12.6. The van der Waals surface area contributed by atoms with Gasteiger partial charge < -0.3 is 4.90 Å². The number of para-hydroxylation sites is 1. The van der Waals surface area contributed by atoms with Crippen LogP contribution in [-0.4, -0.2) is 29.5 Å². The van der Waals surface area contributed by atoms with E-state index in [9.17, 15) is 13.2 Å². The fourth-order valence-electron chi connectivity index (χ4n) is 3.15. The number of fused-ring (bicyclic) bond motifs is 2. The molecule has 0 unspecified atom stereocenters. The number of unbranched alkanes of at least 4 members (excludes halogenated alkanes) is 1. The van der Waals surface area contributed by atoms with Crippen molar-refractivity contribution in [3.05, 3.63) is 70.8 Å². The average molecular weight is 429 g/mol. The summed E-state index contributed by atoms with van der Waals surface area (Å²) in [6.45, 7) is 2.76. The lowest BCUT2D eigenvalue weighted by Crippen LogP contribution is -2.34. The zero-order chi connectivity index (χ0) is 20.4. The van der Waals surface area contributed by atoms with Gasteiger partial charge in [0.15, 0.2) is 5.17 Å². The van der Waals surface area contributed by atoms with Crippen LogP contribution in [0.4, 0.5) is 5.69 Å². The van der Waals surface area contributed by atoms with Crippen molar-refractivity contribution in [3.63, 3.8) is 0 Å². The highest BCUT2D eigenvalue weighted by atomic mass is 32.2. The van der Waals surface area contributed by atoms with E-state index < -0.39 is 10.0 Å². The number of benzene rings is 1. The number of anilines is 1. The molecular formula is C20H20N4O3S2. The first-order valence-corrected chi connectivity index (χ1v) is 11.7. The lowest BCUT2D eigenvalue weighted by Gasteiger charge is -2.30. The van der Waals surface area contributed by atoms with Gasteiger partial charge in [0.25, 0.3) is 15.6 Å². The van der Waals surface area contributed by atoms with Crippen LogP contribution in [-0.2, 0) is 15.8 Å². The van der Waals surface area contributed by atoms with Crippen molar-refractivity contribution in [1.29, 1.82) is 0 Å². The van der Waals surface area contributed by atoms with Crippen molar-refractivity contribution in [1.82, 2.24) is 9.38 Å². The largest absolute Gasteiger partial charge is 0.319 e. The molecule has 9 heteroatoms. The Labute approximate surface area is 173 Å². The third-order valence-electron chi connectivity index (χ3n) is 4.57. The second kappa shape index (κ2) is 8.00. The molecule has 0 aliphatic carbocycles. The fraction of sp³-hybridized carbons (Fsp3) is 0.250. The van der Waals surface area contributed by atoms with Crippen LogP contribution in [0.25, 0.3) is 5.65 Å². The molecule has 4 rings (SSSR count). The minimum atomic E-state index is -3.76. The number of nitrogens with zero attached hydrogens (tertiary/aromatic N) is 4. The van der Waals surface area contributed by atoms with Crippen LogP contribution in [0.5, 0.6) is 0 Å². The molecule has 0 bridgehead atoms. The van der Waals surface area contributed by atoms with Gasteiger partial charge in [-0.25, -0.2) is 4.98 Å². The molecule has 3 aromatic rings. The zero-order valence-electron chi connectivity index (χ0n) is 15.9. The number of hydrogen-bond acceptors (Lipinski definition) is 6. The zero-order valence-corrected chi connectivity index (χ0v) is 17.5. The van der Waals surface area contributed by atoms with E-state index in [0.29, 0.717) is 34.5 Å². The van der Waals surface area contributed by atoms with Crippen molar-refractivity contribution in [2.45, 2.75) is 30.4 Å². The molecule has 1 aromatic carbocycles. The Hall–Kier alpha value is -2.65. The summed E-state index contributed by atoms with van der Waals surface area (Å²) in [7, 11) is -3.76. The molecular weight excluding hydrogens is 408 g/mol. The molecule has 3 heterocycles. The smallest absolute Gasteiger partial charge is 0.286 e. The van der Waals surface area contributed by atoms with Gasteiger partial charge >= 0.3 is 0 Å². The van der Waals surface area contributed by atoms with Crippen LogP contribution >= 0.6 is 11.8 Å². The van der Waals surface area contributed by atoms with Gasteiger partial charge in [-0.1, -0.05) is 43.3 Å². The summed E-state index contributed by atoms with van der Waals surface area (Å²) in [6, 6.07) is 13.7. The van der Waals surface area contributed by atoms with E-state index in [0.717, 1.165) is 12.8 Å². The SMILES string of the molecule is CCCCN1C(SCc2cc(=O)n3ccccc3n2)=NS(=O)(=O)c2ccccc21. The van der Waals surface area contributed by atoms with Crippen LogP contribution in [0.2, 0.25) is 0 Å². The summed E-state index contributed by atoms with van der Waals surface area (Å²) in [6.07, 6.45) is 3.55. The van der Waals surface area contributed by atoms with Crippen molar-refractivity contribution < 1.29 is 8.42 Å². The van der Waals surface area contributed by atoms with Gasteiger partial charge in [0.1, 0.15) is 10.5 Å². The number of aromatic nitrogens is 2. The fourth-order valence-corrected chi connectivity index (χ4v) is 5.53. The highest BCUT2D eigenvalue weighted by Crippen LogP contribution is 2.34. The van der Waals surface area contributed by atoms with E-state index in [-0.39, 0.29) is 10.5 Å². The second-order valence-corrected chi connectivity index (χ2v) is 9.14. The third kappa shape index (κ3) is 3.92. The van der Waals surface area contributed by atoms with Crippen molar-refractivity contribution >= 4 is 38.3 Å². The molecule has 150 valence electrons. The third-order valence-corrected chi connectivity index (χ3v) is 7.01. The minimum absolute atomic E-state index is 0.169. The maximum atomic E-state index is 12.6. The molecule has 0 atom stereocenters. The minimum Gasteiger partial charge on any atom is -0.319 e. The molecule has 7 nitrogen and oxygen atoms in total. The van der Waals surface area contributed by atoms with E-state index in [1.54, 1.807) is 36.5 Å². The van der Waals surface area contributed by atoms with Gasteiger partial charge in [-0.15, -0.1) is 4.40 Å². The van der Waals surface area contributed by atoms with Gasteiger partial charge in [0.2, 0.25) is 0 Å². The van der Waals surface area contributed by atoms with Crippen LogP contribution in [0, 0.1) is 0 Å². The molecule has 1 aliphatic rings. The van der Waals surface area contributed by atoms with Crippen LogP contribution in [0.15, 0.2) is 68.8 Å². The Morgan fingerprint density at radius 2 is 1.90 bits per heavy atom. The Kier molecular flexibility index (Phi) is 5.42. The van der Waals surface area contributed by atoms with Crippen molar-refractivity contribution in [2.24, 2.45) is 4.40 Å². The molecule has 0 spiro atoms. The van der Waals surface area contributed by atoms with E-state index >= 15 is 0 Å². The van der Waals surface area contributed by atoms with E-state index in [4.69, 9.17) is 0 Å². The summed E-state index contributed by atoms with van der Waals surface area (Å²) < 4.78 is 30.8. The quantitative estimate of drug-likeness (QED) is 0.620. The average Bonchev–Trinajstić information content (AvgIpc) is 2.72. The first-order chi connectivity index (χ1) is 14.0. The first-order valence-electron chi connectivity index (χ1n) is 9.31. The Balaban J connectivity index is 1.66. The van der Waals surface area contributed by atoms with Crippen molar-refractivity contribution in [3.8, 4) is 0 Å². The van der Waals surface area contributed by atoms with E-state index in [1.165, 1.54) is 22.2 Å². The van der Waals surface area contributed by atoms with Crippen LogP contribution in [0.1, 0.15) is 25.5 Å². The molecule has 29 heavy (non-hydrogen) atoms. The molecule has 0 saturated heterocycles. The van der Waals surface area contributed by atoms with Gasteiger partial charge in [-0.3, -0.25) is 9.20 Å². The number of pyridine rings is 1. The molecule has 0 fully saturated rings. The molecule has 1 aliphatic heterocycles. The van der Waals surface area contributed by atoms with Gasteiger partial charge in [-0.05, 0) is 30.7 Å². The second-order valence-electron chi connectivity index (χ2n) is 6.63. The lowest BCUT2D eigenvalue weighted by molar-refractivity contribution is 0.596. The monoisotopic (exact) mass is 428 g/mol. The van der Waals surface area contributed by atoms with Crippen LogP contribution < -0.4 is 10.5 Å². The van der Waals surface area contributed by atoms with Crippen molar-refractivity contribution in [2.75, 3.05) is 11.4 Å². The summed E-state index contributed by atoms with van der Waals surface area (Å²) in [5.74, 6) is 0.347. The number of hydrogen-bond donors (Lipinski definition) is 0. The number of sulfonamides is 1. The van der Waals surface area contributed by atoms with Gasteiger partial charge in [0, 0.05) is 24.6 Å². The normalized spacial score (nSPS) is 15.2. The standard InChI is InChI=1S/C20H20N4O3S2/c1-2-3-11-23-16-8-4-5-9-17(16)29(26,27)22-20(23)28-14-15-13-19(25)24-12-7-6-10-18(24)21-15/h4-10,12-13H,2-3,11,14H2,1H3. The topological polar surface area (TPSA) is 84.1 Å². The Morgan fingerprint density at radius 1 is 1.10 bits per heavy atom. The van der Waals surface area contributed by atoms with Crippen LogP contribution in [0.3, 0.4) is 0 Å². The summed E-state index contributed by atoms with van der Waals surface area (Å²) in [5, 5.41) is 0.409. The number of rotatable bonds is 5. The molecule has 0 radical (unpaired) electrons. The molecule has 0 saturated carbocycles. The maximum Gasteiger partial charge on any atom is 0.286 e. The van der Waals surface area contributed by atoms with E-state index in [1.807, 2.05) is 17.0 Å². The summed E-state index contributed by atoms with van der Waals surface area (Å²) in [4.78, 5) is 19.0. The predicted octanol–water partition coefficient (Wildman–Crippen LogP) is 3.29. The molecule has 0 amide bonds. The lowest BCUT2D eigenvalue weighted by atomic mass is 10.2.